The van der Waals surface area contributed by atoms with Crippen LogP contribution in [0.5, 0.6) is 5.75 Å². The van der Waals surface area contributed by atoms with Crippen molar-refractivity contribution in [2.75, 3.05) is 0 Å². The zero-order valence-corrected chi connectivity index (χ0v) is 17.2. The first-order valence-electron chi connectivity index (χ1n) is 9.84. The number of rotatable bonds is 6. The third-order valence-corrected chi connectivity index (χ3v) is 4.86. The summed E-state index contributed by atoms with van der Waals surface area (Å²) in [5, 5.41) is 24.4. The van der Waals surface area contributed by atoms with E-state index < -0.39 is 35.2 Å². The summed E-state index contributed by atoms with van der Waals surface area (Å²) in [6, 6.07) is 5.22. The molecule has 4 N–H and O–H groups in total. The van der Waals surface area contributed by atoms with E-state index in [9.17, 15) is 24.6 Å². The molecule has 0 heterocycles. The lowest BCUT2D eigenvalue weighted by Gasteiger charge is -2.35. The zero-order chi connectivity index (χ0) is 21.7. The summed E-state index contributed by atoms with van der Waals surface area (Å²) in [6.07, 6.45) is 2.44. The molecule has 8 nitrogen and oxygen atoms in total. The first kappa shape index (κ1) is 22.5. The van der Waals surface area contributed by atoms with Crippen molar-refractivity contribution >= 4 is 18.0 Å². The number of alkyl carbamates (subject to hydrolysis) is 1. The Bertz CT molecular complexity index is 733. The molecule has 1 aliphatic rings. The fourth-order valence-electron chi connectivity index (χ4n) is 3.40. The molecule has 1 fully saturated rings. The van der Waals surface area contributed by atoms with Crippen LogP contribution in [-0.2, 0) is 20.7 Å². The fourth-order valence-corrected chi connectivity index (χ4v) is 3.40. The molecule has 0 radical (unpaired) electrons. The van der Waals surface area contributed by atoms with E-state index in [0.29, 0.717) is 31.2 Å². The molecule has 0 aromatic heterocycles. The molecule has 0 saturated heterocycles. The van der Waals surface area contributed by atoms with E-state index in [-0.39, 0.29) is 12.2 Å². The van der Waals surface area contributed by atoms with Crippen molar-refractivity contribution in [1.82, 2.24) is 10.6 Å². The van der Waals surface area contributed by atoms with Crippen LogP contribution < -0.4 is 10.6 Å². The Morgan fingerprint density at radius 2 is 1.69 bits per heavy atom. The van der Waals surface area contributed by atoms with Crippen molar-refractivity contribution < 1.29 is 29.3 Å². The first-order valence-corrected chi connectivity index (χ1v) is 9.84. The van der Waals surface area contributed by atoms with Gasteiger partial charge in [0.2, 0.25) is 5.91 Å². The molecule has 29 heavy (non-hydrogen) atoms. The highest BCUT2D eigenvalue weighted by molar-refractivity contribution is 5.91. The summed E-state index contributed by atoms with van der Waals surface area (Å²) >= 11 is 0. The van der Waals surface area contributed by atoms with Crippen LogP contribution in [0.3, 0.4) is 0 Å². The Morgan fingerprint density at radius 3 is 2.21 bits per heavy atom. The van der Waals surface area contributed by atoms with Crippen molar-refractivity contribution in [2.45, 2.75) is 76.5 Å². The maximum Gasteiger partial charge on any atom is 0.408 e. The molecule has 2 amide bonds. The van der Waals surface area contributed by atoms with Crippen LogP contribution in [0.1, 0.15) is 58.4 Å². The van der Waals surface area contributed by atoms with Crippen molar-refractivity contribution in [3.63, 3.8) is 0 Å². The summed E-state index contributed by atoms with van der Waals surface area (Å²) in [7, 11) is 0. The third-order valence-electron chi connectivity index (χ3n) is 4.86. The average Bonchev–Trinajstić information content (AvgIpc) is 2.62. The topological polar surface area (TPSA) is 125 Å². The second-order valence-corrected chi connectivity index (χ2v) is 8.51. The summed E-state index contributed by atoms with van der Waals surface area (Å²) in [4.78, 5) is 37.1. The van der Waals surface area contributed by atoms with Crippen molar-refractivity contribution in [1.29, 1.82) is 0 Å². The van der Waals surface area contributed by atoms with Crippen LogP contribution >= 0.6 is 0 Å². The standard InChI is InChI=1S/C21H30N2O6/c1-20(2,3)29-19(28)22-16(13-14-7-9-15(24)10-8-14)17(25)23-21(18(26)27)11-5-4-6-12-21/h7-10,16,24H,4-6,11-13H2,1-3H3,(H,22,28)(H,23,25)(H,26,27)/t16-/m0/s1. The van der Waals surface area contributed by atoms with E-state index >= 15 is 0 Å². The number of carbonyl (C=O) groups is 3. The number of nitrogens with one attached hydrogen (secondary N) is 2. The number of aromatic hydroxyl groups is 1. The Kier molecular flexibility index (Phi) is 7.11. The van der Waals surface area contributed by atoms with Crippen molar-refractivity contribution in [2.24, 2.45) is 0 Å². The number of amides is 2. The molecule has 0 unspecified atom stereocenters. The van der Waals surface area contributed by atoms with Gasteiger partial charge in [0.15, 0.2) is 0 Å². The Morgan fingerprint density at radius 1 is 1.10 bits per heavy atom. The van der Waals surface area contributed by atoms with Gasteiger partial charge in [-0.15, -0.1) is 0 Å². The molecule has 1 saturated carbocycles. The molecule has 0 spiro atoms. The van der Waals surface area contributed by atoms with Gasteiger partial charge in [0, 0.05) is 6.42 Å². The molecule has 1 aromatic rings. The predicted molar refractivity (Wildman–Crippen MR) is 107 cm³/mol. The van der Waals surface area contributed by atoms with Gasteiger partial charge < -0.3 is 25.6 Å². The monoisotopic (exact) mass is 406 g/mol. The number of hydrogen-bond acceptors (Lipinski definition) is 5. The predicted octanol–water partition coefficient (Wildman–Crippen LogP) is 2.73. The number of carbonyl (C=O) groups excluding carboxylic acids is 2. The van der Waals surface area contributed by atoms with Crippen LogP contribution in [0.2, 0.25) is 0 Å². The second-order valence-electron chi connectivity index (χ2n) is 8.51. The molecule has 0 bridgehead atoms. The third kappa shape index (κ3) is 6.66. The molecular formula is C21H30N2O6. The minimum Gasteiger partial charge on any atom is -0.508 e. The van der Waals surface area contributed by atoms with Gasteiger partial charge in [-0.25, -0.2) is 9.59 Å². The highest BCUT2D eigenvalue weighted by atomic mass is 16.6. The van der Waals surface area contributed by atoms with Crippen LogP contribution in [-0.4, -0.2) is 45.4 Å². The highest BCUT2D eigenvalue weighted by Crippen LogP contribution is 2.28. The number of carboxylic acids is 1. The van der Waals surface area contributed by atoms with Gasteiger partial charge in [0.25, 0.3) is 0 Å². The van der Waals surface area contributed by atoms with Gasteiger partial charge in [-0.1, -0.05) is 31.4 Å². The molecule has 2 rings (SSSR count). The van der Waals surface area contributed by atoms with Crippen molar-refractivity contribution in [3.05, 3.63) is 29.8 Å². The van der Waals surface area contributed by atoms with Gasteiger partial charge in [0.1, 0.15) is 22.9 Å². The fraction of sp³-hybridized carbons (Fsp3) is 0.571. The minimum absolute atomic E-state index is 0.0851. The largest absolute Gasteiger partial charge is 0.508 e. The Labute approximate surface area is 170 Å². The quantitative estimate of drug-likeness (QED) is 0.576. The van der Waals surface area contributed by atoms with Crippen molar-refractivity contribution in [3.8, 4) is 5.75 Å². The molecule has 1 aliphatic carbocycles. The number of hydrogen-bond donors (Lipinski definition) is 4. The molecule has 8 heteroatoms. The van der Waals surface area contributed by atoms with E-state index in [1.165, 1.54) is 12.1 Å². The first-order chi connectivity index (χ1) is 13.5. The molecular weight excluding hydrogens is 376 g/mol. The maximum atomic E-state index is 13.0. The average molecular weight is 406 g/mol. The summed E-state index contributed by atoms with van der Waals surface area (Å²) < 4.78 is 5.25. The molecule has 160 valence electrons. The van der Waals surface area contributed by atoms with Gasteiger partial charge in [-0.2, -0.15) is 0 Å². The normalized spacial score (nSPS) is 17.1. The number of ether oxygens (including phenoxy) is 1. The number of aliphatic carboxylic acids is 1. The number of phenolic OH excluding ortho intramolecular Hbond substituents is 1. The maximum absolute atomic E-state index is 13.0. The van der Waals surface area contributed by atoms with Crippen LogP contribution in [0.4, 0.5) is 4.79 Å². The molecule has 1 atom stereocenters. The SMILES string of the molecule is CC(C)(C)OC(=O)N[C@@H](Cc1ccc(O)cc1)C(=O)NC1(C(=O)O)CCCCC1. The van der Waals surface area contributed by atoms with Gasteiger partial charge in [-0.3, -0.25) is 4.79 Å². The van der Waals surface area contributed by atoms with Crippen LogP contribution in [0, 0.1) is 0 Å². The number of benzene rings is 1. The summed E-state index contributed by atoms with van der Waals surface area (Å²) in [6.45, 7) is 5.13. The lowest BCUT2D eigenvalue weighted by molar-refractivity contribution is -0.149. The Hall–Kier alpha value is -2.77. The van der Waals surface area contributed by atoms with Crippen LogP contribution in [0.25, 0.3) is 0 Å². The van der Waals surface area contributed by atoms with Gasteiger partial charge in [-0.05, 0) is 51.3 Å². The second kappa shape index (κ2) is 9.15. The number of carboxylic acid groups (broad SMARTS) is 1. The van der Waals surface area contributed by atoms with E-state index in [1.54, 1.807) is 32.9 Å². The van der Waals surface area contributed by atoms with Crippen LogP contribution in [0.15, 0.2) is 24.3 Å². The Balaban J connectivity index is 2.19. The van der Waals surface area contributed by atoms with Gasteiger partial charge >= 0.3 is 12.1 Å². The summed E-state index contributed by atoms with van der Waals surface area (Å²) in [5.41, 5.74) is -1.36. The lowest BCUT2D eigenvalue weighted by atomic mass is 9.81. The summed E-state index contributed by atoms with van der Waals surface area (Å²) in [5.74, 6) is -1.55. The molecule has 1 aromatic carbocycles. The van der Waals surface area contributed by atoms with E-state index in [2.05, 4.69) is 10.6 Å². The lowest BCUT2D eigenvalue weighted by Crippen LogP contribution is -2.60. The van der Waals surface area contributed by atoms with E-state index in [0.717, 1.165) is 6.42 Å². The van der Waals surface area contributed by atoms with E-state index in [4.69, 9.17) is 4.74 Å². The smallest absolute Gasteiger partial charge is 0.408 e. The van der Waals surface area contributed by atoms with Gasteiger partial charge in [0.05, 0.1) is 0 Å². The minimum atomic E-state index is -1.32. The highest BCUT2D eigenvalue weighted by Gasteiger charge is 2.42. The number of phenols is 1. The van der Waals surface area contributed by atoms with E-state index in [1.807, 2.05) is 0 Å². The molecule has 0 aliphatic heterocycles. The zero-order valence-electron chi connectivity index (χ0n) is 17.2.